The Labute approximate surface area is 83.3 Å². The number of rotatable bonds is 3. The van der Waals surface area contributed by atoms with Gasteiger partial charge in [0.1, 0.15) is 0 Å². The smallest absolute Gasteiger partial charge is 0.274 e. The van der Waals surface area contributed by atoms with Crippen molar-refractivity contribution in [3.05, 3.63) is 42.0 Å². The third-order valence-corrected chi connectivity index (χ3v) is 1.87. The van der Waals surface area contributed by atoms with Crippen LogP contribution in [0.25, 0.3) is 5.57 Å². The fraction of sp³-hybridized carbons (Fsp3) is 0.182. The van der Waals surface area contributed by atoms with Crippen LogP contribution in [0.5, 0.6) is 0 Å². The number of benzene rings is 1. The van der Waals surface area contributed by atoms with Gasteiger partial charge in [0.05, 0.1) is 7.11 Å². The molecular formula is C11H13NO2. The van der Waals surface area contributed by atoms with E-state index in [1.165, 1.54) is 7.11 Å². The van der Waals surface area contributed by atoms with Crippen LogP contribution in [-0.4, -0.2) is 13.0 Å². The number of hydrogen-bond acceptors (Lipinski definition) is 2. The van der Waals surface area contributed by atoms with Crippen LogP contribution in [0, 0.1) is 6.92 Å². The Balaban J connectivity index is 2.79. The van der Waals surface area contributed by atoms with Gasteiger partial charge in [-0.3, -0.25) is 9.63 Å². The van der Waals surface area contributed by atoms with Crippen LogP contribution in [0.3, 0.4) is 0 Å². The van der Waals surface area contributed by atoms with E-state index in [9.17, 15) is 4.79 Å². The first-order chi connectivity index (χ1) is 6.65. The topological polar surface area (TPSA) is 38.3 Å². The lowest BCUT2D eigenvalue weighted by molar-refractivity contribution is -0.125. The summed E-state index contributed by atoms with van der Waals surface area (Å²) >= 11 is 0. The maximum atomic E-state index is 11.3. The lowest BCUT2D eigenvalue weighted by atomic mass is 10.1. The Kier molecular flexibility index (Phi) is 3.42. The van der Waals surface area contributed by atoms with Crippen LogP contribution >= 0.6 is 0 Å². The van der Waals surface area contributed by atoms with Gasteiger partial charge in [0.15, 0.2) is 0 Å². The lowest BCUT2D eigenvalue weighted by Crippen LogP contribution is -2.22. The average Bonchev–Trinajstić information content (AvgIpc) is 2.18. The Morgan fingerprint density at radius 1 is 1.36 bits per heavy atom. The molecule has 0 saturated heterocycles. The van der Waals surface area contributed by atoms with Gasteiger partial charge in [-0.2, -0.15) is 0 Å². The summed E-state index contributed by atoms with van der Waals surface area (Å²) in [5.74, 6) is -0.323. The van der Waals surface area contributed by atoms with E-state index < -0.39 is 0 Å². The van der Waals surface area contributed by atoms with E-state index >= 15 is 0 Å². The van der Waals surface area contributed by atoms with E-state index in [0.29, 0.717) is 5.57 Å². The largest absolute Gasteiger partial charge is 0.277 e. The molecule has 1 aromatic carbocycles. The zero-order valence-electron chi connectivity index (χ0n) is 8.33. The number of hydroxylamine groups is 1. The molecule has 74 valence electrons. The van der Waals surface area contributed by atoms with Crippen molar-refractivity contribution in [2.24, 2.45) is 0 Å². The molecule has 0 fully saturated rings. The molecule has 0 aliphatic carbocycles. The maximum absolute atomic E-state index is 11.3. The van der Waals surface area contributed by atoms with E-state index in [2.05, 4.69) is 16.9 Å². The maximum Gasteiger partial charge on any atom is 0.274 e. The van der Waals surface area contributed by atoms with Crippen LogP contribution in [-0.2, 0) is 9.63 Å². The molecule has 0 radical (unpaired) electrons. The zero-order chi connectivity index (χ0) is 10.6. The van der Waals surface area contributed by atoms with Gasteiger partial charge >= 0.3 is 0 Å². The number of carbonyl (C=O) groups is 1. The highest BCUT2D eigenvalue weighted by atomic mass is 16.6. The van der Waals surface area contributed by atoms with Gasteiger partial charge in [-0.25, -0.2) is 5.48 Å². The van der Waals surface area contributed by atoms with Crippen molar-refractivity contribution < 1.29 is 9.63 Å². The molecule has 0 saturated carbocycles. The second-order valence-corrected chi connectivity index (χ2v) is 2.98. The van der Waals surface area contributed by atoms with E-state index in [1.54, 1.807) is 0 Å². The fourth-order valence-corrected chi connectivity index (χ4v) is 1.04. The molecule has 0 aliphatic heterocycles. The van der Waals surface area contributed by atoms with Crippen LogP contribution < -0.4 is 5.48 Å². The monoisotopic (exact) mass is 191 g/mol. The summed E-state index contributed by atoms with van der Waals surface area (Å²) in [5, 5.41) is 0. The summed E-state index contributed by atoms with van der Waals surface area (Å²) in [6.45, 7) is 5.67. The first kappa shape index (κ1) is 10.5. The predicted octanol–water partition coefficient (Wildman–Crippen LogP) is 1.69. The second kappa shape index (κ2) is 4.58. The first-order valence-electron chi connectivity index (χ1n) is 4.24. The lowest BCUT2D eigenvalue weighted by Gasteiger charge is -2.05. The molecule has 14 heavy (non-hydrogen) atoms. The standard InChI is InChI=1S/C11H13NO2/c1-8-4-6-10(7-5-8)9(2)11(13)12-14-3/h4-7H,2H2,1,3H3,(H,12,13). The van der Waals surface area contributed by atoms with Gasteiger partial charge in [0, 0.05) is 5.57 Å². The number of carbonyl (C=O) groups excluding carboxylic acids is 1. The fourth-order valence-electron chi connectivity index (χ4n) is 1.04. The molecule has 3 heteroatoms. The molecule has 0 aliphatic rings. The summed E-state index contributed by atoms with van der Waals surface area (Å²) < 4.78 is 0. The van der Waals surface area contributed by atoms with Crippen molar-refractivity contribution in [2.45, 2.75) is 6.92 Å². The van der Waals surface area contributed by atoms with Gasteiger partial charge in [-0.1, -0.05) is 36.4 Å². The number of nitrogens with one attached hydrogen (secondary N) is 1. The third-order valence-electron chi connectivity index (χ3n) is 1.87. The summed E-state index contributed by atoms with van der Waals surface area (Å²) in [6.07, 6.45) is 0. The van der Waals surface area contributed by atoms with E-state index in [1.807, 2.05) is 31.2 Å². The minimum atomic E-state index is -0.323. The highest BCUT2D eigenvalue weighted by molar-refractivity contribution is 6.18. The van der Waals surface area contributed by atoms with Crippen LogP contribution in [0.2, 0.25) is 0 Å². The van der Waals surface area contributed by atoms with Crippen molar-refractivity contribution in [1.82, 2.24) is 5.48 Å². The van der Waals surface area contributed by atoms with Crippen molar-refractivity contribution in [2.75, 3.05) is 7.11 Å². The number of amides is 1. The predicted molar refractivity (Wildman–Crippen MR) is 55.4 cm³/mol. The molecule has 0 bridgehead atoms. The Morgan fingerprint density at radius 3 is 2.43 bits per heavy atom. The molecule has 1 amide bonds. The molecule has 1 rings (SSSR count). The van der Waals surface area contributed by atoms with Crippen molar-refractivity contribution in [3.63, 3.8) is 0 Å². The molecule has 1 N–H and O–H groups in total. The van der Waals surface area contributed by atoms with Crippen molar-refractivity contribution >= 4 is 11.5 Å². The van der Waals surface area contributed by atoms with Crippen LogP contribution in [0.1, 0.15) is 11.1 Å². The van der Waals surface area contributed by atoms with Crippen LogP contribution in [0.4, 0.5) is 0 Å². The summed E-state index contributed by atoms with van der Waals surface area (Å²) in [4.78, 5) is 15.8. The normalized spacial score (nSPS) is 9.57. The second-order valence-electron chi connectivity index (χ2n) is 2.98. The minimum Gasteiger partial charge on any atom is -0.277 e. The SMILES string of the molecule is C=C(C(=O)NOC)c1ccc(C)cc1. The number of aryl methyl sites for hydroxylation is 1. The molecule has 0 aromatic heterocycles. The van der Waals surface area contributed by atoms with Gasteiger partial charge in [0.25, 0.3) is 5.91 Å². The average molecular weight is 191 g/mol. The summed E-state index contributed by atoms with van der Waals surface area (Å²) in [6, 6.07) is 7.57. The van der Waals surface area contributed by atoms with Gasteiger partial charge in [-0.05, 0) is 12.5 Å². The summed E-state index contributed by atoms with van der Waals surface area (Å²) in [5.41, 5.74) is 4.56. The van der Waals surface area contributed by atoms with Crippen LogP contribution in [0.15, 0.2) is 30.8 Å². The molecular weight excluding hydrogens is 178 g/mol. The summed E-state index contributed by atoms with van der Waals surface area (Å²) in [7, 11) is 1.39. The van der Waals surface area contributed by atoms with Crippen molar-refractivity contribution in [3.8, 4) is 0 Å². The molecule has 0 spiro atoms. The van der Waals surface area contributed by atoms with E-state index in [0.717, 1.165) is 11.1 Å². The third kappa shape index (κ3) is 2.44. The zero-order valence-corrected chi connectivity index (χ0v) is 8.33. The molecule has 1 aromatic rings. The Bertz CT molecular complexity index is 341. The van der Waals surface area contributed by atoms with Gasteiger partial charge < -0.3 is 0 Å². The first-order valence-corrected chi connectivity index (χ1v) is 4.24. The molecule has 3 nitrogen and oxygen atoms in total. The minimum absolute atomic E-state index is 0.323. The highest BCUT2D eigenvalue weighted by Crippen LogP contribution is 2.12. The van der Waals surface area contributed by atoms with Gasteiger partial charge in [0.2, 0.25) is 0 Å². The van der Waals surface area contributed by atoms with Gasteiger partial charge in [-0.15, -0.1) is 0 Å². The van der Waals surface area contributed by atoms with E-state index in [4.69, 9.17) is 0 Å². The molecule has 0 heterocycles. The number of hydrogen-bond donors (Lipinski definition) is 1. The quantitative estimate of drug-likeness (QED) is 0.583. The molecule has 0 unspecified atom stereocenters. The van der Waals surface area contributed by atoms with E-state index in [-0.39, 0.29) is 5.91 Å². The molecule has 0 atom stereocenters. The highest BCUT2D eigenvalue weighted by Gasteiger charge is 2.07. The van der Waals surface area contributed by atoms with Crippen molar-refractivity contribution in [1.29, 1.82) is 0 Å². The Hall–Kier alpha value is -1.61. The Morgan fingerprint density at radius 2 is 1.93 bits per heavy atom.